The lowest BCUT2D eigenvalue weighted by molar-refractivity contribution is -0.146. The van der Waals surface area contributed by atoms with Gasteiger partial charge >= 0.3 is 5.97 Å². The van der Waals surface area contributed by atoms with Crippen molar-refractivity contribution in [1.82, 2.24) is 4.90 Å². The molecule has 0 radical (unpaired) electrons. The van der Waals surface area contributed by atoms with Gasteiger partial charge in [0.15, 0.2) is 4.87 Å². The van der Waals surface area contributed by atoms with Crippen molar-refractivity contribution in [3.63, 3.8) is 0 Å². The van der Waals surface area contributed by atoms with Crippen LogP contribution in [-0.2, 0) is 14.4 Å². The Hall–Kier alpha value is -1.84. The molecule has 0 saturated heterocycles. The van der Waals surface area contributed by atoms with E-state index in [9.17, 15) is 4.79 Å². The molecule has 0 aromatic heterocycles. The Morgan fingerprint density at radius 3 is 1.86 bits per heavy atom. The molecular formula is C18H20ClNO2. The van der Waals surface area contributed by atoms with E-state index in [0.717, 1.165) is 0 Å². The first kappa shape index (κ1) is 16.5. The number of carbonyl (C=O) groups excluding carboxylic acids is 1. The maximum atomic E-state index is 12.7. The molecule has 0 aliphatic carbocycles. The monoisotopic (exact) mass is 317 g/mol. The van der Waals surface area contributed by atoms with Crippen molar-refractivity contribution < 1.29 is 9.53 Å². The zero-order valence-corrected chi connectivity index (χ0v) is 13.6. The molecule has 0 aliphatic heterocycles. The molecule has 2 aromatic carbocycles. The summed E-state index contributed by atoms with van der Waals surface area (Å²) in [6, 6.07) is 18.6. The number of nitrogens with zero attached hydrogens (tertiary/aromatic N) is 1. The van der Waals surface area contributed by atoms with Crippen molar-refractivity contribution in [2.24, 2.45) is 0 Å². The summed E-state index contributed by atoms with van der Waals surface area (Å²) in [5.74, 6) is -0.451. The first-order valence-corrected chi connectivity index (χ1v) is 7.55. The number of alkyl halides is 1. The molecule has 2 rings (SSSR count). The van der Waals surface area contributed by atoms with Gasteiger partial charge < -0.3 is 9.64 Å². The summed E-state index contributed by atoms with van der Waals surface area (Å²) < 4.78 is 5.41. The molecule has 0 saturated carbocycles. The fraction of sp³-hybridized carbons (Fsp3) is 0.278. The number of hydrogen-bond donors (Lipinski definition) is 0. The van der Waals surface area contributed by atoms with E-state index in [1.165, 1.54) is 0 Å². The van der Waals surface area contributed by atoms with Crippen LogP contribution in [0, 0.1) is 0 Å². The third-order valence-electron chi connectivity index (χ3n) is 3.40. The normalized spacial score (nSPS) is 11.5. The zero-order chi connectivity index (χ0) is 16.0. The Labute approximate surface area is 136 Å². The molecule has 3 nitrogen and oxygen atoms in total. The van der Waals surface area contributed by atoms with Gasteiger partial charge in [0.1, 0.15) is 6.61 Å². The van der Waals surface area contributed by atoms with Crippen LogP contribution in [0.4, 0.5) is 0 Å². The van der Waals surface area contributed by atoms with E-state index in [4.69, 9.17) is 16.3 Å². The Kier molecular flexibility index (Phi) is 5.58. The molecule has 0 heterocycles. The van der Waals surface area contributed by atoms with Gasteiger partial charge in [-0.3, -0.25) is 0 Å². The minimum Gasteiger partial charge on any atom is -0.463 e. The molecular weight excluding hydrogens is 298 g/mol. The van der Waals surface area contributed by atoms with Crippen LogP contribution in [0.5, 0.6) is 0 Å². The number of ether oxygens (including phenoxy) is 1. The smallest absolute Gasteiger partial charge is 0.336 e. The van der Waals surface area contributed by atoms with Gasteiger partial charge in [0.2, 0.25) is 0 Å². The summed E-state index contributed by atoms with van der Waals surface area (Å²) in [6.07, 6.45) is 0. The summed E-state index contributed by atoms with van der Waals surface area (Å²) in [4.78, 5) is 13.3. The predicted octanol–water partition coefficient (Wildman–Crippen LogP) is 3.27. The summed E-state index contributed by atoms with van der Waals surface area (Å²) in [5.41, 5.74) is 1.41. The number of benzene rings is 2. The van der Waals surface area contributed by atoms with Crippen LogP contribution in [0.25, 0.3) is 0 Å². The van der Waals surface area contributed by atoms with Crippen molar-refractivity contribution in [3.8, 4) is 0 Å². The Bertz CT molecular complexity index is 559. The second-order valence-electron chi connectivity index (χ2n) is 5.33. The van der Waals surface area contributed by atoms with E-state index in [2.05, 4.69) is 0 Å². The minimum absolute atomic E-state index is 0.306. The van der Waals surface area contributed by atoms with Gasteiger partial charge in [0, 0.05) is 6.54 Å². The van der Waals surface area contributed by atoms with Crippen LogP contribution in [-0.4, -0.2) is 38.1 Å². The number of halogens is 1. The highest BCUT2D eigenvalue weighted by Gasteiger charge is 2.41. The lowest BCUT2D eigenvalue weighted by Crippen LogP contribution is -2.34. The highest BCUT2D eigenvalue weighted by Crippen LogP contribution is 2.37. The molecule has 0 aliphatic rings. The van der Waals surface area contributed by atoms with E-state index in [1.54, 1.807) is 0 Å². The largest absolute Gasteiger partial charge is 0.463 e. The van der Waals surface area contributed by atoms with E-state index in [1.807, 2.05) is 79.7 Å². The van der Waals surface area contributed by atoms with E-state index in [0.29, 0.717) is 24.3 Å². The van der Waals surface area contributed by atoms with E-state index in [-0.39, 0.29) is 0 Å². The molecule has 0 spiro atoms. The maximum Gasteiger partial charge on any atom is 0.336 e. The van der Waals surface area contributed by atoms with Gasteiger partial charge in [0.25, 0.3) is 0 Å². The molecule has 0 unspecified atom stereocenters. The Morgan fingerprint density at radius 2 is 1.45 bits per heavy atom. The zero-order valence-electron chi connectivity index (χ0n) is 12.8. The van der Waals surface area contributed by atoms with Crippen LogP contribution < -0.4 is 0 Å². The molecule has 0 fully saturated rings. The van der Waals surface area contributed by atoms with Crippen molar-refractivity contribution >= 4 is 17.6 Å². The number of esters is 1. The highest BCUT2D eigenvalue weighted by atomic mass is 35.5. The molecule has 4 heteroatoms. The van der Waals surface area contributed by atoms with Crippen LogP contribution in [0.15, 0.2) is 60.7 Å². The summed E-state index contributed by atoms with van der Waals surface area (Å²) in [6.45, 7) is 0.961. The van der Waals surface area contributed by atoms with Crippen molar-refractivity contribution in [3.05, 3.63) is 71.8 Å². The molecule has 0 atom stereocenters. The Balaban J connectivity index is 2.32. The second kappa shape index (κ2) is 7.43. The SMILES string of the molecule is CN(C)CCOC(=O)C(Cl)(c1ccccc1)c1ccccc1. The lowest BCUT2D eigenvalue weighted by Gasteiger charge is -2.26. The third-order valence-corrected chi connectivity index (χ3v) is 3.99. The summed E-state index contributed by atoms with van der Waals surface area (Å²) in [7, 11) is 3.85. The summed E-state index contributed by atoms with van der Waals surface area (Å²) in [5, 5.41) is 0. The fourth-order valence-corrected chi connectivity index (χ4v) is 2.46. The van der Waals surface area contributed by atoms with E-state index >= 15 is 0 Å². The average molecular weight is 318 g/mol. The van der Waals surface area contributed by atoms with Gasteiger partial charge in [-0.1, -0.05) is 72.3 Å². The number of hydrogen-bond acceptors (Lipinski definition) is 3. The highest BCUT2D eigenvalue weighted by molar-refractivity contribution is 6.36. The van der Waals surface area contributed by atoms with Crippen molar-refractivity contribution in [2.45, 2.75) is 4.87 Å². The molecule has 0 N–H and O–H groups in total. The topological polar surface area (TPSA) is 29.5 Å². The molecule has 22 heavy (non-hydrogen) atoms. The molecule has 116 valence electrons. The van der Waals surface area contributed by atoms with Crippen LogP contribution in [0.1, 0.15) is 11.1 Å². The molecule has 2 aromatic rings. The van der Waals surface area contributed by atoms with Gasteiger partial charge in [-0.15, -0.1) is 0 Å². The third kappa shape index (κ3) is 3.67. The Morgan fingerprint density at radius 1 is 1.00 bits per heavy atom. The van der Waals surface area contributed by atoms with Gasteiger partial charge in [0.05, 0.1) is 0 Å². The minimum atomic E-state index is -1.32. The lowest BCUT2D eigenvalue weighted by atomic mass is 9.90. The van der Waals surface area contributed by atoms with E-state index < -0.39 is 10.8 Å². The fourth-order valence-electron chi connectivity index (χ4n) is 2.16. The maximum absolute atomic E-state index is 12.7. The van der Waals surface area contributed by atoms with Gasteiger partial charge in [-0.2, -0.15) is 0 Å². The number of rotatable bonds is 6. The van der Waals surface area contributed by atoms with Crippen LogP contribution in [0.2, 0.25) is 0 Å². The van der Waals surface area contributed by atoms with Crippen molar-refractivity contribution in [2.75, 3.05) is 27.2 Å². The summed E-state index contributed by atoms with van der Waals surface area (Å²) >= 11 is 6.77. The number of carbonyl (C=O) groups is 1. The average Bonchev–Trinajstić information content (AvgIpc) is 2.55. The first-order valence-electron chi connectivity index (χ1n) is 7.17. The van der Waals surface area contributed by atoms with Crippen LogP contribution >= 0.6 is 11.6 Å². The quantitative estimate of drug-likeness (QED) is 0.605. The molecule has 0 bridgehead atoms. The molecule has 0 amide bonds. The number of likely N-dealkylation sites (N-methyl/N-ethyl adjacent to an activating group) is 1. The second-order valence-corrected chi connectivity index (χ2v) is 5.90. The van der Waals surface area contributed by atoms with Crippen molar-refractivity contribution in [1.29, 1.82) is 0 Å². The van der Waals surface area contributed by atoms with Crippen LogP contribution in [0.3, 0.4) is 0 Å². The van der Waals surface area contributed by atoms with Gasteiger partial charge in [-0.25, -0.2) is 4.79 Å². The predicted molar refractivity (Wildman–Crippen MR) is 89.0 cm³/mol. The van der Waals surface area contributed by atoms with Gasteiger partial charge in [-0.05, 0) is 25.2 Å². The standard InChI is InChI=1S/C18H20ClNO2/c1-20(2)13-14-22-17(21)18(19,15-9-5-3-6-10-15)16-11-7-4-8-12-16/h3-12H,13-14H2,1-2H3. The first-order chi connectivity index (χ1) is 10.5.